The highest BCUT2D eigenvalue weighted by Gasteiger charge is 2.31. The summed E-state index contributed by atoms with van der Waals surface area (Å²) >= 11 is 0. The van der Waals surface area contributed by atoms with Crippen LogP contribution in [0.5, 0.6) is 5.88 Å². The van der Waals surface area contributed by atoms with E-state index in [1.807, 2.05) is 19.1 Å². The first-order valence-electron chi connectivity index (χ1n) is 11.4. The number of allylic oxidation sites excluding steroid dienone is 1. The van der Waals surface area contributed by atoms with Crippen LogP contribution in [0.4, 0.5) is 13.2 Å². The van der Waals surface area contributed by atoms with Gasteiger partial charge in [-0.2, -0.15) is 13.2 Å². The summed E-state index contributed by atoms with van der Waals surface area (Å²) in [6, 6.07) is 11.0. The second-order valence-electron chi connectivity index (χ2n) is 8.37. The number of carbonyl (C=O) groups excluding carboxylic acids is 1. The first-order valence-corrected chi connectivity index (χ1v) is 11.4. The van der Waals surface area contributed by atoms with Crippen LogP contribution in [0.1, 0.15) is 31.4 Å². The molecule has 37 heavy (non-hydrogen) atoms. The highest BCUT2D eigenvalue weighted by molar-refractivity contribution is 5.77. The first-order chi connectivity index (χ1) is 17.5. The van der Waals surface area contributed by atoms with Crippen LogP contribution >= 0.6 is 0 Å². The Balaban J connectivity index is 1.86. The van der Waals surface area contributed by atoms with Gasteiger partial charge in [0.2, 0.25) is 11.8 Å². The van der Waals surface area contributed by atoms with E-state index in [9.17, 15) is 32.7 Å². The standard InChI is InChI=1S/C26H23F3N4O4/c1-3-32(15(2)34)12-11-19-18-9-4-5-10-21(18)30-22(19)14-20-23(35)31-25(37)33(24(20)36)17-8-6-7-16(13-17)26(27,28)29/h4-10,13-14,36H,3,11-12H2,1-2H3,(H,31,35,37). The Morgan fingerprint density at radius 2 is 1.89 bits per heavy atom. The molecule has 0 unspecified atom stereocenters. The van der Waals surface area contributed by atoms with Crippen LogP contribution in [0.25, 0.3) is 17.3 Å². The summed E-state index contributed by atoms with van der Waals surface area (Å²) in [6.07, 6.45) is -2.99. The Labute approximate surface area is 208 Å². The smallest absolute Gasteiger partial charge is 0.416 e. The number of rotatable bonds is 6. The number of carbonyl (C=O) groups is 1. The molecule has 0 aliphatic carbocycles. The van der Waals surface area contributed by atoms with Gasteiger partial charge in [0.15, 0.2) is 0 Å². The zero-order valence-corrected chi connectivity index (χ0v) is 20.0. The average Bonchev–Trinajstić information content (AvgIpc) is 3.18. The van der Waals surface area contributed by atoms with Gasteiger partial charge >= 0.3 is 11.9 Å². The molecular formula is C26H23F3N4O4. The molecule has 8 nitrogen and oxygen atoms in total. The average molecular weight is 512 g/mol. The van der Waals surface area contributed by atoms with Crippen LogP contribution in [-0.2, 0) is 11.0 Å². The number of H-pyrrole nitrogens is 1. The summed E-state index contributed by atoms with van der Waals surface area (Å²) in [5.74, 6) is -0.927. The predicted molar refractivity (Wildman–Crippen MR) is 130 cm³/mol. The van der Waals surface area contributed by atoms with E-state index < -0.39 is 28.9 Å². The van der Waals surface area contributed by atoms with Crippen molar-refractivity contribution < 1.29 is 23.1 Å². The first kappa shape index (κ1) is 25.7. The summed E-state index contributed by atoms with van der Waals surface area (Å²) in [7, 11) is 0. The Kier molecular flexibility index (Phi) is 6.88. The molecule has 0 radical (unpaired) electrons. The van der Waals surface area contributed by atoms with E-state index in [0.717, 1.165) is 17.4 Å². The minimum absolute atomic E-state index is 0.0981. The molecule has 3 aromatic rings. The molecule has 2 aromatic carbocycles. The molecule has 1 aromatic heterocycles. The maximum atomic E-state index is 13.2. The fourth-order valence-corrected chi connectivity index (χ4v) is 4.19. The van der Waals surface area contributed by atoms with E-state index in [2.05, 4.69) is 9.98 Å². The minimum atomic E-state index is -4.67. The van der Waals surface area contributed by atoms with Crippen LogP contribution in [0.3, 0.4) is 0 Å². The second kappa shape index (κ2) is 9.92. The molecule has 1 aliphatic heterocycles. The lowest BCUT2D eigenvalue weighted by atomic mass is 10.0. The number of amides is 1. The van der Waals surface area contributed by atoms with Gasteiger partial charge in [0.1, 0.15) is 5.56 Å². The number of para-hydroxylation sites is 1. The molecule has 2 N–H and O–H groups in total. The zero-order valence-electron chi connectivity index (χ0n) is 20.0. The summed E-state index contributed by atoms with van der Waals surface area (Å²) in [6.45, 7) is 4.20. The molecule has 192 valence electrons. The fraction of sp³-hybridized carbons (Fsp3) is 0.231. The van der Waals surface area contributed by atoms with Gasteiger partial charge in [-0.25, -0.2) is 14.4 Å². The number of halogens is 3. The van der Waals surface area contributed by atoms with Crippen molar-refractivity contribution in [2.45, 2.75) is 26.4 Å². The number of benzene rings is 2. The Morgan fingerprint density at radius 3 is 2.57 bits per heavy atom. The molecule has 0 saturated carbocycles. The number of nitrogens with one attached hydrogen (secondary N) is 1. The van der Waals surface area contributed by atoms with E-state index in [0.29, 0.717) is 46.8 Å². The van der Waals surface area contributed by atoms with Crippen LogP contribution in [-0.4, -0.2) is 38.6 Å². The van der Waals surface area contributed by atoms with E-state index in [1.165, 1.54) is 19.1 Å². The Bertz CT molecular complexity index is 1650. The van der Waals surface area contributed by atoms with Gasteiger partial charge in [-0.15, -0.1) is 0 Å². The lowest BCUT2D eigenvalue weighted by Crippen LogP contribution is -2.31. The second-order valence-corrected chi connectivity index (χ2v) is 8.37. The fourth-order valence-electron chi connectivity index (χ4n) is 4.19. The Morgan fingerprint density at radius 1 is 1.16 bits per heavy atom. The van der Waals surface area contributed by atoms with Gasteiger partial charge in [0, 0.05) is 25.2 Å². The van der Waals surface area contributed by atoms with Gasteiger partial charge in [0.05, 0.1) is 22.3 Å². The Hall–Kier alpha value is -4.41. The molecule has 11 heteroatoms. The lowest BCUT2D eigenvalue weighted by Gasteiger charge is -2.19. The van der Waals surface area contributed by atoms with Crippen LogP contribution < -0.4 is 21.8 Å². The van der Waals surface area contributed by atoms with E-state index >= 15 is 0 Å². The predicted octanol–water partition coefficient (Wildman–Crippen LogP) is 2.33. The molecule has 0 spiro atoms. The molecule has 2 heterocycles. The monoisotopic (exact) mass is 512 g/mol. The highest BCUT2D eigenvalue weighted by Crippen LogP contribution is 2.31. The van der Waals surface area contributed by atoms with Crippen molar-refractivity contribution in [1.29, 1.82) is 0 Å². The van der Waals surface area contributed by atoms with E-state index in [1.54, 1.807) is 17.0 Å². The number of hydrogen-bond donors (Lipinski definition) is 2. The minimum Gasteiger partial charge on any atom is -0.494 e. The number of nitrogens with zero attached hydrogens (tertiary/aromatic N) is 3. The normalized spacial score (nSPS) is 14.0. The maximum Gasteiger partial charge on any atom is 0.416 e. The van der Waals surface area contributed by atoms with E-state index in [-0.39, 0.29) is 17.2 Å². The van der Waals surface area contributed by atoms with Crippen molar-refractivity contribution in [2.75, 3.05) is 13.1 Å². The van der Waals surface area contributed by atoms with Crippen molar-refractivity contribution in [1.82, 2.24) is 14.5 Å². The van der Waals surface area contributed by atoms with Crippen molar-refractivity contribution in [3.63, 3.8) is 0 Å². The number of aromatic nitrogens is 2. The van der Waals surface area contributed by atoms with Gasteiger partial charge in [-0.1, -0.05) is 24.3 Å². The van der Waals surface area contributed by atoms with Crippen molar-refractivity contribution in [2.24, 2.45) is 4.99 Å². The highest BCUT2D eigenvalue weighted by atomic mass is 19.4. The summed E-state index contributed by atoms with van der Waals surface area (Å²) in [5, 5.41) is 12.3. The number of aromatic amines is 1. The SMILES string of the molecule is CCN(CCC1=c2ccccc2=NC1=Cc1c(O)n(-c2cccc(C(F)(F)F)c2)c(=O)[nH]c1=O)C(C)=O. The third-order valence-corrected chi connectivity index (χ3v) is 6.07. The van der Waals surface area contributed by atoms with Crippen LogP contribution in [0.15, 0.2) is 68.8 Å². The molecule has 0 bridgehead atoms. The van der Waals surface area contributed by atoms with Crippen molar-refractivity contribution in [3.8, 4) is 11.6 Å². The lowest BCUT2D eigenvalue weighted by molar-refractivity contribution is -0.137. The van der Waals surface area contributed by atoms with Gasteiger partial charge in [-0.3, -0.25) is 14.6 Å². The number of aromatic hydroxyl groups is 1. The number of alkyl halides is 3. The molecule has 0 saturated heterocycles. The summed E-state index contributed by atoms with van der Waals surface area (Å²) in [5.41, 5.74) is -2.63. The third-order valence-electron chi connectivity index (χ3n) is 6.07. The van der Waals surface area contributed by atoms with Gasteiger partial charge < -0.3 is 10.0 Å². The quantitative estimate of drug-likeness (QED) is 0.529. The zero-order chi connectivity index (χ0) is 26.9. The molecule has 0 atom stereocenters. The molecule has 0 fully saturated rings. The molecular weight excluding hydrogens is 489 g/mol. The third kappa shape index (κ3) is 5.11. The van der Waals surface area contributed by atoms with E-state index in [4.69, 9.17) is 0 Å². The number of fused-ring (bicyclic) bond motifs is 1. The summed E-state index contributed by atoms with van der Waals surface area (Å²) < 4.78 is 40.3. The van der Waals surface area contributed by atoms with Crippen molar-refractivity contribution >= 4 is 17.6 Å². The van der Waals surface area contributed by atoms with Crippen LogP contribution in [0, 0.1) is 0 Å². The number of hydrogen-bond acceptors (Lipinski definition) is 5. The maximum absolute atomic E-state index is 13.2. The molecule has 4 rings (SSSR count). The van der Waals surface area contributed by atoms with Crippen molar-refractivity contribution in [3.05, 3.63) is 96.8 Å². The molecule has 1 aliphatic rings. The largest absolute Gasteiger partial charge is 0.494 e. The van der Waals surface area contributed by atoms with Gasteiger partial charge in [-0.05, 0) is 49.3 Å². The van der Waals surface area contributed by atoms with Gasteiger partial charge in [0.25, 0.3) is 5.56 Å². The topological polar surface area (TPSA) is 108 Å². The molecule has 1 amide bonds. The van der Waals surface area contributed by atoms with Crippen LogP contribution in [0.2, 0.25) is 0 Å². The summed E-state index contributed by atoms with van der Waals surface area (Å²) in [4.78, 5) is 45.3.